The minimum Gasteiger partial charge on any atom is -0.317 e. The third kappa shape index (κ3) is 4.92. The zero-order valence-corrected chi connectivity index (χ0v) is 7.81. The van der Waals surface area contributed by atoms with Crippen molar-refractivity contribution in [3.8, 4) is 12.3 Å². The zero-order chi connectivity index (χ0) is 9.07. The van der Waals surface area contributed by atoms with Crippen LogP contribution in [-0.4, -0.2) is 19.3 Å². The van der Waals surface area contributed by atoms with Gasteiger partial charge in [0.15, 0.2) is 0 Å². The van der Waals surface area contributed by atoms with Gasteiger partial charge in [0.05, 0.1) is 7.85 Å². The predicted molar refractivity (Wildman–Crippen MR) is 50.4 cm³/mol. The Morgan fingerprint density at radius 2 is 1.91 bits per heavy atom. The summed E-state index contributed by atoms with van der Waals surface area (Å²) in [6, 6.07) is 0. The van der Waals surface area contributed by atoms with Gasteiger partial charge in [-0.05, 0) is 26.7 Å². The first-order chi connectivity index (χ1) is 4.87. The van der Waals surface area contributed by atoms with Crippen molar-refractivity contribution in [2.45, 2.75) is 39.2 Å². The lowest BCUT2D eigenvalue weighted by Gasteiger charge is -2.28. The average Bonchev–Trinajstić information content (AvgIpc) is 1.82. The minimum atomic E-state index is -0.111. The van der Waals surface area contributed by atoms with Gasteiger partial charge in [0, 0.05) is 11.5 Å². The predicted octanol–water partition coefficient (Wildman–Crippen LogP) is 1.14. The van der Waals surface area contributed by atoms with Crippen LogP contribution in [0.4, 0.5) is 0 Å². The van der Waals surface area contributed by atoms with E-state index in [9.17, 15) is 0 Å². The molecule has 0 fully saturated rings. The van der Waals surface area contributed by atoms with Crippen LogP contribution in [0.2, 0.25) is 0 Å². The smallest absolute Gasteiger partial charge is 0.0923 e. The molecule has 0 aliphatic rings. The van der Waals surface area contributed by atoms with Crippen molar-refractivity contribution in [3.05, 3.63) is 0 Å². The van der Waals surface area contributed by atoms with Crippen LogP contribution in [0.5, 0.6) is 0 Å². The first kappa shape index (κ1) is 10.6. The van der Waals surface area contributed by atoms with Gasteiger partial charge in [0.2, 0.25) is 0 Å². The van der Waals surface area contributed by atoms with Gasteiger partial charge in [-0.1, -0.05) is 6.92 Å². The molecule has 0 aromatic rings. The molecule has 0 saturated carbocycles. The first-order valence-corrected chi connectivity index (χ1v) is 3.86. The van der Waals surface area contributed by atoms with Gasteiger partial charge in [-0.2, -0.15) is 0 Å². The number of nitrogens with one attached hydrogen (secondary N) is 1. The number of hydrogen-bond donors (Lipinski definition) is 1. The van der Waals surface area contributed by atoms with E-state index >= 15 is 0 Å². The van der Waals surface area contributed by atoms with E-state index in [1.165, 1.54) is 0 Å². The second-order valence-electron chi connectivity index (χ2n) is 3.88. The largest absolute Gasteiger partial charge is 0.317 e. The molecule has 0 amide bonds. The van der Waals surface area contributed by atoms with Gasteiger partial charge in [0.25, 0.3) is 0 Å². The summed E-state index contributed by atoms with van der Waals surface area (Å²) in [4.78, 5) is 0. The quantitative estimate of drug-likeness (QED) is 0.458. The summed E-state index contributed by atoms with van der Waals surface area (Å²) in [6.45, 7) is 8.13. The van der Waals surface area contributed by atoms with Crippen LogP contribution in [-0.2, 0) is 0 Å². The second kappa shape index (κ2) is 3.83. The molecule has 0 bridgehead atoms. The summed E-state index contributed by atoms with van der Waals surface area (Å²) in [5.74, 6) is 2.57. The molecule has 0 heterocycles. The van der Waals surface area contributed by atoms with E-state index in [0.29, 0.717) is 0 Å². The molecule has 0 aromatic heterocycles. The second-order valence-corrected chi connectivity index (χ2v) is 3.88. The maximum absolute atomic E-state index is 5.76. The summed E-state index contributed by atoms with van der Waals surface area (Å²) < 4.78 is 0. The van der Waals surface area contributed by atoms with Crippen LogP contribution < -0.4 is 5.32 Å². The molecule has 0 aliphatic carbocycles. The lowest BCUT2D eigenvalue weighted by atomic mass is 9.83. The highest BCUT2D eigenvalue weighted by atomic mass is 15.0. The average molecular weight is 149 g/mol. The molecule has 0 spiro atoms. The van der Waals surface area contributed by atoms with Gasteiger partial charge in [0.1, 0.15) is 0 Å². The van der Waals surface area contributed by atoms with Crippen LogP contribution in [0.3, 0.4) is 0 Å². The Bertz CT molecular complexity index is 152. The Morgan fingerprint density at radius 3 is 2.18 bits per heavy atom. The first-order valence-electron chi connectivity index (χ1n) is 3.86. The third-order valence-corrected chi connectivity index (χ3v) is 1.40. The Balaban J connectivity index is 3.90. The Labute approximate surface area is 71.4 Å². The highest BCUT2D eigenvalue weighted by Crippen LogP contribution is 2.05. The molecule has 2 radical (unpaired) electrons. The Kier molecular flexibility index (Phi) is 3.68. The van der Waals surface area contributed by atoms with Crippen molar-refractivity contribution in [2.24, 2.45) is 5.92 Å². The number of rotatable bonds is 2. The normalized spacial score (nSPS) is 17.0. The van der Waals surface area contributed by atoms with Crippen LogP contribution >= 0.6 is 0 Å². The summed E-state index contributed by atoms with van der Waals surface area (Å²) >= 11 is 0. The lowest BCUT2D eigenvalue weighted by molar-refractivity contribution is 0.383. The van der Waals surface area contributed by atoms with E-state index in [2.05, 4.69) is 32.0 Å². The van der Waals surface area contributed by atoms with Crippen molar-refractivity contribution in [2.75, 3.05) is 0 Å². The van der Waals surface area contributed by atoms with E-state index < -0.39 is 0 Å². The number of hydrogen-bond acceptors (Lipinski definition) is 1. The molecular formula is C9H16BN. The van der Waals surface area contributed by atoms with E-state index in [4.69, 9.17) is 14.3 Å². The van der Waals surface area contributed by atoms with E-state index in [0.717, 1.165) is 0 Å². The maximum atomic E-state index is 5.76. The Hall–Kier alpha value is -0.415. The van der Waals surface area contributed by atoms with Gasteiger partial charge >= 0.3 is 0 Å². The van der Waals surface area contributed by atoms with Gasteiger partial charge in [-0.3, -0.25) is 0 Å². The van der Waals surface area contributed by atoms with Gasteiger partial charge < -0.3 is 5.32 Å². The molecule has 1 N–H and O–H groups in total. The van der Waals surface area contributed by atoms with Crippen molar-refractivity contribution >= 4 is 7.85 Å². The minimum absolute atomic E-state index is 0.0323. The fraction of sp³-hybridized carbons (Fsp3) is 0.778. The molecule has 0 aromatic carbocycles. The monoisotopic (exact) mass is 149 g/mol. The lowest BCUT2D eigenvalue weighted by Crippen LogP contribution is -2.46. The highest BCUT2D eigenvalue weighted by Gasteiger charge is 2.16. The van der Waals surface area contributed by atoms with Crippen molar-refractivity contribution in [3.63, 3.8) is 0 Å². The number of terminal acetylenes is 1. The fourth-order valence-electron chi connectivity index (χ4n) is 0.729. The molecule has 0 rings (SSSR count). The molecule has 2 atom stereocenters. The molecule has 2 unspecified atom stereocenters. The van der Waals surface area contributed by atoms with Crippen LogP contribution in [0.15, 0.2) is 0 Å². The van der Waals surface area contributed by atoms with Crippen LogP contribution in [0.1, 0.15) is 27.7 Å². The van der Waals surface area contributed by atoms with Crippen LogP contribution in [0.25, 0.3) is 0 Å². The van der Waals surface area contributed by atoms with E-state index in [1.807, 2.05) is 6.92 Å². The van der Waals surface area contributed by atoms with Crippen molar-refractivity contribution in [1.82, 2.24) is 5.32 Å². The molecule has 11 heavy (non-hydrogen) atoms. The molecule has 0 aliphatic heterocycles. The van der Waals surface area contributed by atoms with Gasteiger partial charge in [-0.25, -0.2) is 0 Å². The Morgan fingerprint density at radius 1 is 1.45 bits per heavy atom. The zero-order valence-electron chi connectivity index (χ0n) is 7.81. The van der Waals surface area contributed by atoms with Crippen molar-refractivity contribution < 1.29 is 0 Å². The van der Waals surface area contributed by atoms with Crippen molar-refractivity contribution in [1.29, 1.82) is 0 Å². The summed E-state index contributed by atoms with van der Waals surface area (Å²) in [5, 5.41) is 3.21. The summed E-state index contributed by atoms with van der Waals surface area (Å²) in [7, 11) is 5.76. The van der Waals surface area contributed by atoms with E-state index in [1.54, 1.807) is 0 Å². The topological polar surface area (TPSA) is 12.0 Å². The summed E-state index contributed by atoms with van der Waals surface area (Å²) in [5.41, 5.74) is 0.0323. The SMILES string of the molecule is [B]C(NC(C)(C)C)C(C)C#C. The summed E-state index contributed by atoms with van der Waals surface area (Å²) in [6.07, 6.45) is 5.22. The van der Waals surface area contributed by atoms with Crippen LogP contribution in [0, 0.1) is 18.3 Å². The highest BCUT2D eigenvalue weighted by molar-refractivity contribution is 6.12. The molecular weight excluding hydrogens is 133 g/mol. The third-order valence-electron chi connectivity index (χ3n) is 1.40. The standard InChI is InChI=1S/C9H16BN/c1-6-7(2)8(10)11-9(3,4)5/h1,7-8,11H,2-5H3. The molecule has 2 heteroatoms. The van der Waals surface area contributed by atoms with E-state index in [-0.39, 0.29) is 17.4 Å². The molecule has 60 valence electrons. The molecule has 1 nitrogen and oxygen atoms in total. The van der Waals surface area contributed by atoms with Gasteiger partial charge in [-0.15, -0.1) is 12.3 Å². The fourth-order valence-corrected chi connectivity index (χ4v) is 0.729. The maximum Gasteiger partial charge on any atom is 0.0923 e. The molecule has 0 saturated heterocycles.